The van der Waals surface area contributed by atoms with Gasteiger partial charge in [0, 0.05) is 19.2 Å². The summed E-state index contributed by atoms with van der Waals surface area (Å²) in [4.78, 5) is 26.9. The van der Waals surface area contributed by atoms with Crippen molar-refractivity contribution in [1.82, 2.24) is 4.90 Å². The summed E-state index contributed by atoms with van der Waals surface area (Å²) in [7, 11) is 0. The van der Waals surface area contributed by atoms with Crippen LogP contribution in [0.3, 0.4) is 0 Å². The summed E-state index contributed by atoms with van der Waals surface area (Å²) in [6, 6.07) is 12.1. The highest BCUT2D eigenvalue weighted by Gasteiger charge is 2.35. The van der Waals surface area contributed by atoms with Gasteiger partial charge in [0.1, 0.15) is 0 Å². The number of nitrogens with one attached hydrogen (secondary N) is 1. The average molecular weight is 402 g/mol. The Kier molecular flexibility index (Phi) is 6.06. The Hall–Kier alpha value is -3.09. The van der Waals surface area contributed by atoms with Gasteiger partial charge in [0.05, 0.1) is 16.8 Å². The van der Waals surface area contributed by atoms with Crippen molar-refractivity contribution in [2.24, 2.45) is 0 Å². The molecule has 0 atom stereocenters. The Morgan fingerprint density at radius 2 is 1.66 bits per heavy atom. The number of hydrogen-bond acceptors (Lipinski definition) is 2. The van der Waals surface area contributed by atoms with Crippen LogP contribution in [0, 0.1) is 6.92 Å². The Bertz CT molecular complexity index is 931. The van der Waals surface area contributed by atoms with Gasteiger partial charge in [-0.3, -0.25) is 9.59 Å². The van der Waals surface area contributed by atoms with Gasteiger partial charge in [-0.15, -0.1) is 0 Å². The molecular weight excluding hydrogens is 381 g/mol. The maximum absolute atomic E-state index is 13.5. The van der Waals surface area contributed by atoms with Crippen LogP contribution in [-0.2, 0) is 4.79 Å². The summed E-state index contributed by atoms with van der Waals surface area (Å²) in [5, 5.41) is 2.49. The van der Waals surface area contributed by atoms with Gasteiger partial charge in [0.2, 0.25) is 5.91 Å². The fourth-order valence-electron chi connectivity index (χ4n) is 3.34. The Balaban J connectivity index is 1.92. The van der Waals surface area contributed by atoms with Crippen LogP contribution in [0.25, 0.3) is 5.57 Å². The number of anilines is 1. The third kappa shape index (κ3) is 4.85. The number of alkyl halides is 3. The minimum Gasteiger partial charge on any atom is -0.339 e. The van der Waals surface area contributed by atoms with E-state index in [-0.39, 0.29) is 22.7 Å². The Labute approximate surface area is 167 Å². The number of benzene rings is 2. The molecule has 1 heterocycles. The lowest BCUT2D eigenvalue weighted by Crippen LogP contribution is -2.29. The number of hydrogen-bond donors (Lipinski definition) is 1. The molecule has 1 N–H and O–H groups in total. The fraction of sp³-hybridized carbons (Fsp3) is 0.273. The molecule has 0 bridgehead atoms. The normalized spacial score (nSPS) is 14.8. The predicted molar refractivity (Wildman–Crippen MR) is 105 cm³/mol. The van der Waals surface area contributed by atoms with E-state index < -0.39 is 17.7 Å². The zero-order chi connectivity index (χ0) is 21.0. The molecule has 0 spiro atoms. The molecule has 1 aliphatic rings. The van der Waals surface area contributed by atoms with Gasteiger partial charge in [-0.25, -0.2) is 0 Å². The van der Waals surface area contributed by atoms with Crippen molar-refractivity contribution in [3.8, 4) is 0 Å². The highest BCUT2D eigenvalue weighted by Crippen LogP contribution is 2.34. The van der Waals surface area contributed by atoms with E-state index >= 15 is 0 Å². The molecule has 2 aromatic rings. The summed E-state index contributed by atoms with van der Waals surface area (Å²) < 4.78 is 40.5. The quantitative estimate of drug-likeness (QED) is 0.746. The number of nitrogens with zero attached hydrogens (tertiary/aromatic N) is 1. The fourth-order valence-corrected chi connectivity index (χ4v) is 3.34. The zero-order valence-electron chi connectivity index (χ0n) is 15.9. The number of carbonyl (C=O) groups excluding carboxylic acids is 2. The number of likely N-dealkylation sites (tertiary alicyclic amines) is 1. The van der Waals surface area contributed by atoms with E-state index in [1.807, 2.05) is 0 Å². The number of amides is 2. The summed E-state index contributed by atoms with van der Waals surface area (Å²) in [6.07, 6.45) is -2.34. The molecule has 0 radical (unpaired) electrons. The van der Waals surface area contributed by atoms with Gasteiger partial charge < -0.3 is 10.2 Å². The van der Waals surface area contributed by atoms with Crippen LogP contribution in [0.4, 0.5) is 18.9 Å². The SMILES string of the molecule is Cc1cccc(C(=O)N2CCCC2)c1NC(=O)/C=C(/c1ccccc1)C(F)(F)F. The highest BCUT2D eigenvalue weighted by molar-refractivity contribution is 6.09. The molecule has 1 saturated heterocycles. The number of carbonyl (C=O) groups is 2. The first-order valence-electron chi connectivity index (χ1n) is 9.31. The van der Waals surface area contributed by atoms with E-state index in [2.05, 4.69) is 5.32 Å². The lowest BCUT2D eigenvalue weighted by Gasteiger charge is -2.19. The van der Waals surface area contributed by atoms with Crippen LogP contribution < -0.4 is 5.32 Å². The Morgan fingerprint density at radius 3 is 2.28 bits per heavy atom. The first kappa shape index (κ1) is 20.6. The summed E-state index contributed by atoms with van der Waals surface area (Å²) in [5.41, 5.74) is -0.0304. The summed E-state index contributed by atoms with van der Waals surface area (Å²) in [5.74, 6) is -1.17. The molecule has 1 aliphatic heterocycles. The van der Waals surface area contributed by atoms with Gasteiger partial charge >= 0.3 is 6.18 Å². The van der Waals surface area contributed by atoms with Crippen LogP contribution in [0.15, 0.2) is 54.6 Å². The molecule has 2 aromatic carbocycles. The maximum Gasteiger partial charge on any atom is 0.417 e. The van der Waals surface area contributed by atoms with Crippen molar-refractivity contribution >= 4 is 23.1 Å². The third-order valence-corrected chi connectivity index (χ3v) is 4.81. The molecule has 1 fully saturated rings. The molecule has 4 nitrogen and oxygen atoms in total. The van der Waals surface area contributed by atoms with E-state index in [1.165, 1.54) is 24.3 Å². The van der Waals surface area contributed by atoms with Crippen LogP contribution in [0.2, 0.25) is 0 Å². The minimum absolute atomic E-state index is 0.103. The van der Waals surface area contributed by atoms with E-state index in [9.17, 15) is 22.8 Å². The van der Waals surface area contributed by atoms with Gasteiger partial charge in [-0.2, -0.15) is 13.2 Å². The second-order valence-electron chi connectivity index (χ2n) is 6.91. The molecule has 0 aliphatic carbocycles. The first-order valence-corrected chi connectivity index (χ1v) is 9.31. The zero-order valence-corrected chi connectivity index (χ0v) is 15.9. The molecular formula is C22H21F3N2O2. The summed E-state index contributed by atoms with van der Waals surface area (Å²) >= 11 is 0. The molecule has 29 heavy (non-hydrogen) atoms. The third-order valence-electron chi connectivity index (χ3n) is 4.81. The standard InChI is InChI=1S/C22H21F3N2O2/c1-15-8-7-11-17(21(29)27-12-5-6-13-27)20(15)26-19(28)14-18(22(23,24)25)16-9-3-2-4-10-16/h2-4,7-11,14H,5-6,12-13H2,1H3,(H,26,28)/b18-14-. The molecule has 0 saturated carbocycles. The van der Waals surface area contributed by atoms with Crippen LogP contribution in [0.5, 0.6) is 0 Å². The van der Waals surface area contributed by atoms with Crippen molar-refractivity contribution in [3.05, 3.63) is 71.3 Å². The van der Waals surface area contributed by atoms with E-state index in [0.717, 1.165) is 12.8 Å². The molecule has 0 aromatic heterocycles. The number of allylic oxidation sites excluding steroid dienone is 1. The largest absolute Gasteiger partial charge is 0.417 e. The number of halogens is 3. The van der Waals surface area contributed by atoms with Crippen molar-refractivity contribution in [3.63, 3.8) is 0 Å². The lowest BCUT2D eigenvalue weighted by molar-refractivity contribution is -0.112. The van der Waals surface area contributed by atoms with Crippen molar-refractivity contribution in [2.45, 2.75) is 25.9 Å². The molecule has 0 unspecified atom stereocenters. The summed E-state index contributed by atoms with van der Waals surface area (Å²) in [6.45, 7) is 2.96. The van der Waals surface area contributed by atoms with Gasteiger partial charge in [-0.05, 0) is 37.0 Å². The van der Waals surface area contributed by atoms with Crippen LogP contribution >= 0.6 is 0 Å². The highest BCUT2D eigenvalue weighted by atomic mass is 19.4. The Morgan fingerprint density at radius 1 is 1.00 bits per heavy atom. The first-order chi connectivity index (χ1) is 13.8. The van der Waals surface area contributed by atoms with E-state index in [4.69, 9.17) is 0 Å². The smallest absolute Gasteiger partial charge is 0.339 e. The lowest BCUT2D eigenvalue weighted by atomic mass is 10.0. The number of rotatable bonds is 4. The van der Waals surface area contributed by atoms with E-state index in [1.54, 1.807) is 36.1 Å². The van der Waals surface area contributed by atoms with Crippen molar-refractivity contribution < 1.29 is 22.8 Å². The molecule has 3 rings (SSSR count). The predicted octanol–water partition coefficient (Wildman–Crippen LogP) is 4.82. The topological polar surface area (TPSA) is 49.4 Å². The van der Waals surface area contributed by atoms with Gasteiger partial charge in [-0.1, -0.05) is 42.5 Å². The number of aryl methyl sites for hydroxylation is 1. The average Bonchev–Trinajstić information content (AvgIpc) is 3.22. The van der Waals surface area contributed by atoms with Gasteiger partial charge in [0.25, 0.3) is 5.91 Å². The van der Waals surface area contributed by atoms with Crippen LogP contribution in [-0.4, -0.2) is 36.0 Å². The number of para-hydroxylation sites is 1. The monoisotopic (exact) mass is 402 g/mol. The van der Waals surface area contributed by atoms with Crippen LogP contribution in [0.1, 0.15) is 34.3 Å². The second kappa shape index (κ2) is 8.51. The van der Waals surface area contributed by atoms with Crippen molar-refractivity contribution in [1.29, 1.82) is 0 Å². The van der Waals surface area contributed by atoms with Crippen molar-refractivity contribution in [2.75, 3.05) is 18.4 Å². The molecule has 152 valence electrons. The molecule has 2 amide bonds. The second-order valence-corrected chi connectivity index (χ2v) is 6.91. The maximum atomic E-state index is 13.5. The molecule has 7 heteroatoms. The minimum atomic E-state index is -4.70. The van der Waals surface area contributed by atoms with Gasteiger partial charge in [0.15, 0.2) is 0 Å². The van der Waals surface area contributed by atoms with E-state index in [0.29, 0.717) is 24.7 Å².